The fraction of sp³-hybridized carbons (Fsp3) is 0.571. The van der Waals surface area contributed by atoms with Crippen LogP contribution < -0.4 is 4.74 Å². The fourth-order valence-corrected chi connectivity index (χ4v) is 4.33. The molecule has 1 aromatic rings. The molecule has 1 fully saturated rings. The van der Waals surface area contributed by atoms with Gasteiger partial charge in [0, 0.05) is 13.8 Å². The van der Waals surface area contributed by atoms with Gasteiger partial charge in [-0.3, -0.25) is 0 Å². The van der Waals surface area contributed by atoms with Gasteiger partial charge < -0.3 is 4.74 Å². The molecular formula is C14H18BrIO. The van der Waals surface area contributed by atoms with Crippen molar-refractivity contribution in [1.82, 2.24) is 0 Å². The summed E-state index contributed by atoms with van der Waals surface area (Å²) in [5.41, 5.74) is 0.322. The highest BCUT2D eigenvalue weighted by Crippen LogP contribution is 2.52. The van der Waals surface area contributed by atoms with Crippen molar-refractivity contribution in [2.45, 2.75) is 44.0 Å². The van der Waals surface area contributed by atoms with E-state index in [-0.39, 0.29) is 0 Å². The highest BCUT2D eigenvalue weighted by molar-refractivity contribution is 14.1. The number of hydrogen-bond donors (Lipinski definition) is 0. The molecule has 0 heterocycles. The Bertz CT molecular complexity index is 372. The Labute approximate surface area is 126 Å². The van der Waals surface area contributed by atoms with E-state index in [0.29, 0.717) is 16.3 Å². The molecule has 17 heavy (non-hydrogen) atoms. The first kappa shape index (κ1) is 13.7. The second kappa shape index (κ2) is 5.47. The lowest BCUT2D eigenvalue weighted by atomic mass is 9.62. The number of rotatable bonds is 4. The van der Waals surface area contributed by atoms with Gasteiger partial charge in [0.15, 0.2) is 0 Å². The van der Waals surface area contributed by atoms with Crippen LogP contribution in [-0.2, 0) is 0 Å². The van der Waals surface area contributed by atoms with E-state index in [1.165, 1.54) is 16.4 Å². The molecule has 1 aliphatic carbocycles. The number of benzene rings is 1. The zero-order valence-corrected chi connectivity index (χ0v) is 14.0. The molecule has 3 heteroatoms. The summed E-state index contributed by atoms with van der Waals surface area (Å²) >= 11 is 6.10. The van der Waals surface area contributed by atoms with Crippen LogP contribution in [0, 0.1) is 8.99 Å². The summed E-state index contributed by atoms with van der Waals surface area (Å²) in [6.07, 6.45) is 3.83. The Morgan fingerprint density at radius 2 is 1.88 bits per heavy atom. The molecule has 2 unspecified atom stereocenters. The van der Waals surface area contributed by atoms with Crippen LogP contribution in [0.5, 0.6) is 5.75 Å². The van der Waals surface area contributed by atoms with E-state index in [1.807, 2.05) is 0 Å². The molecule has 0 bridgehead atoms. The summed E-state index contributed by atoms with van der Waals surface area (Å²) < 4.78 is 7.39. The Hall–Kier alpha value is 0.230. The van der Waals surface area contributed by atoms with Crippen LogP contribution in [0.15, 0.2) is 24.3 Å². The Morgan fingerprint density at radius 3 is 2.35 bits per heavy atom. The smallest absolute Gasteiger partial charge is 0.119 e. The average Bonchev–Trinajstić information content (AvgIpc) is 2.33. The van der Waals surface area contributed by atoms with E-state index < -0.39 is 0 Å². The van der Waals surface area contributed by atoms with Gasteiger partial charge in [-0.25, -0.2) is 0 Å². The van der Waals surface area contributed by atoms with Crippen molar-refractivity contribution >= 4 is 38.5 Å². The average molecular weight is 409 g/mol. The van der Waals surface area contributed by atoms with Crippen LogP contribution in [0.1, 0.15) is 33.1 Å². The van der Waals surface area contributed by atoms with Crippen LogP contribution in [0.25, 0.3) is 0 Å². The van der Waals surface area contributed by atoms with Crippen molar-refractivity contribution in [3.63, 3.8) is 0 Å². The molecule has 1 nitrogen and oxygen atoms in total. The molecule has 0 radical (unpaired) electrons. The van der Waals surface area contributed by atoms with Crippen LogP contribution in [0.2, 0.25) is 0 Å². The molecule has 0 aliphatic heterocycles. The van der Waals surface area contributed by atoms with E-state index in [1.54, 1.807) is 0 Å². The van der Waals surface area contributed by atoms with E-state index in [9.17, 15) is 0 Å². The zero-order chi connectivity index (χ0) is 12.5. The lowest BCUT2D eigenvalue weighted by molar-refractivity contribution is -0.0411. The van der Waals surface area contributed by atoms with E-state index in [2.05, 4.69) is 76.6 Å². The number of ether oxygens (including phenoxy) is 1. The first-order valence-corrected chi connectivity index (χ1v) is 8.18. The SMILES string of the molecule is CCC1(CC)C(Br)CC1Oc1ccc(I)cc1. The number of halogens is 2. The molecule has 0 amide bonds. The summed E-state index contributed by atoms with van der Waals surface area (Å²) in [6, 6.07) is 8.33. The Morgan fingerprint density at radius 1 is 1.29 bits per heavy atom. The minimum Gasteiger partial charge on any atom is -0.490 e. The second-order valence-corrected chi connectivity index (χ2v) is 7.05. The summed E-state index contributed by atoms with van der Waals surface area (Å²) in [7, 11) is 0. The topological polar surface area (TPSA) is 9.23 Å². The van der Waals surface area contributed by atoms with Gasteiger partial charge in [-0.2, -0.15) is 0 Å². The quantitative estimate of drug-likeness (QED) is 0.502. The van der Waals surface area contributed by atoms with E-state index in [0.717, 1.165) is 12.2 Å². The van der Waals surface area contributed by atoms with Crippen LogP contribution in [0.3, 0.4) is 0 Å². The summed E-state index contributed by atoms with van der Waals surface area (Å²) in [6.45, 7) is 4.53. The third-order valence-corrected chi connectivity index (χ3v) is 6.10. The van der Waals surface area contributed by atoms with Crippen LogP contribution >= 0.6 is 38.5 Å². The van der Waals surface area contributed by atoms with E-state index in [4.69, 9.17) is 4.74 Å². The molecule has 0 spiro atoms. The van der Waals surface area contributed by atoms with Gasteiger partial charge in [-0.1, -0.05) is 29.8 Å². The second-order valence-electron chi connectivity index (χ2n) is 4.70. The molecule has 0 aromatic heterocycles. The summed E-state index contributed by atoms with van der Waals surface area (Å²) in [5, 5.41) is 0. The minimum absolute atomic E-state index is 0.322. The first-order valence-electron chi connectivity index (χ1n) is 6.18. The van der Waals surface area contributed by atoms with Crippen molar-refractivity contribution in [3.05, 3.63) is 27.8 Å². The standard InChI is InChI=1S/C14H18BrIO/c1-3-14(4-2)12(15)9-13(14)17-11-7-5-10(16)6-8-11/h5-8,12-13H,3-4,9H2,1-2H3. The number of hydrogen-bond acceptors (Lipinski definition) is 1. The lowest BCUT2D eigenvalue weighted by Crippen LogP contribution is -2.56. The maximum Gasteiger partial charge on any atom is 0.119 e. The van der Waals surface area contributed by atoms with Gasteiger partial charge in [0.1, 0.15) is 11.9 Å². The van der Waals surface area contributed by atoms with Crippen molar-refractivity contribution in [2.75, 3.05) is 0 Å². The van der Waals surface area contributed by atoms with E-state index >= 15 is 0 Å². The zero-order valence-electron chi connectivity index (χ0n) is 10.2. The molecule has 1 aromatic carbocycles. The molecule has 0 N–H and O–H groups in total. The predicted octanol–water partition coefficient (Wildman–Crippen LogP) is 5.01. The van der Waals surface area contributed by atoms with Gasteiger partial charge in [-0.15, -0.1) is 0 Å². The van der Waals surface area contributed by atoms with Gasteiger partial charge in [0.2, 0.25) is 0 Å². The maximum atomic E-state index is 6.14. The van der Waals surface area contributed by atoms with Crippen molar-refractivity contribution in [2.24, 2.45) is 5.41 Å². The van der Waals surface area contributed by atoms with Crippen molar-refractivity contribution < 1.29 is 4.74 Å². The Balaban J connectivity index is 2.07. The van der Waals surface area contributed by atoms with Gasteiger partial charge in [0.25, 0.3) is 0 Å². The molecule has 1 aliphatic rings. The monoisotopic (exact) mass is 408 g/mol. The van der Waals surface area contributed by atoms with Crippen LogP contribution in [-0.4, -0.2) is 10.9 Å². The maximum absolute atomic E-state index is 6.14. The molecule has 1 saturated carbocycles. The highest BCUT2D eigenvalue weighted by atomic mass is 127. The number of alkyl halides is 1. The normalized spacial score (nSPS) is 26.4. The highest BCUT2D eigenvalue weighted by Gasteiger charge is 2.53. The Kier molecular flexibility index (Phi) is 4.40. The molecular weight excluding hydrogens is 391 g/mol. The predicted molar refractivity (Wildman–Crippen MR) is 83.9 cm³/mol. The molecule has 2 rings (SSSR count). The summed E-state index contributed by atoms with van der Waals surface area (Å²) in [4.78, 5) is 0.610. The molecule has 94 valence electrons. The third kappa shape index (κ3) is 2.50. The van der Waals surface area contributed by atoms with Gasteiger partial charge >= 0.3 is 0 Å². The molecule has 2 atom stereocenters. The van der Waals surface area contributed by atoms with Gasteiger partial charge in [-0.05, 0) is 66.1 Å². The fourth-order valence-electron chi connectivity index (χ4n) is 2.69. The molecule has 0 saturated heterocycles. The summed E-state index contributed by atoms with van der Waals surface area (Å²) in [5.74, 6) is 1.00. The lowest BCUT2D eigenvalue weighted by Gasteiger charge is -2.52. The third-order valence-electron chi connectivity index (χ3n) is 4.09. The minimum atomic E-state index is 0.322. The van der Waals surface area contributed by atoms with Crippen molar-refractivity contribution in [3.8, 4) is 5.75 Å². The van der Waals surface area contributed by atoms with Gasteiger partial charge in [0.05, 0.1) is 0 Å². The van der Waals surface area contributed by atoms with Crippen molar-refractivity contribution in [1.29, 1.82) is 0 Å². The first-order chi connectivity index (χ1) is 8.12. The largest absolute Gasteiger partial charge is 0.490 e. The van der Waals surface area contributed by atoms with Crippen LogP contribution in [0.4, 0.5) is 0 Å².